The van der Waals surface area contributed by atoms with Gasteiger partial charge in [-0.25, -0.2) is 0 Å². The van der Waals surface area contributed by atoms with Crippen LogP contribution in [0.25, 0.3) is 0 Å². The van der Waals surface area contributed by atoms with E-state index in [1.54, 1.807) is 12.0 Å². The Labute approximate surface area is 121 Å². The Morgan fingerprint density at radius 1 is 1.45 bits per heavy atom. The van der Waals surface area contributed by atoms with Gasteiger partial charge >= 0.3 is 0 Å². The lowest BCUT2D eigenvalue weighted by atomic mass is 9.96. The summed E-state index contributed by atoms with van der Waals surface area (Å²) in [6, 6.07) is -0.573. The highest BCUT2D eigenvalue weighted by atomic mass is 16.5. The van der Waals surface area contributed by atoms with E-state index in [1.807, 2.05) is 13.8 Å². The second kappa shape index (κ2) is 7.59. The highest BCUT2D eigenvalue weighted by Crippen LogP contribution is 2.19. The summed E-state index contributed by atoms with van der Waals surface area (Å²) < 4.78 is 5.38. The van der Waals surface area contributed by atoms with E-state index in [4.69, 9.17) is 10.5 Å². The molecule has 1 saturated heterocycles. The molecule has 1 heterocycles. The Morgan fingerprint density at radius 2 is 2.10 bits per heavy atom. The molecular weight excluding hydrogens is 258 g/mol. The minimum absolute atomic E-state index is 0.00404. The van der Waals surface area contributed by atoms with E-state index in [9.17, 15) is 9.59 Å². The molecule has 3 N–H and O–H groups in total. The van der Waals surface area contributed by atoms with Gasteiger partial charge in [0.05, 0.1) is 18.7 Å². The second-order valence-corrected chi connectivity index (χ2v) is 5.87. The fourth-order valence-electron chi connectivity index (χ4n) is 2.26. The maximum absolute atomic E-state index is 12.1. The second-order valence-electron chi connectivity index (χ2n) is 5.87. The minimum atomic E-state index is -0.573. The molecule has 116 valence electrons. The van der Waals surface area contributed by atoms with E-state index in [2.05, 4.69) is 12.2 Å². The average molecular weight is 285 g/mol. The molecule has 1 rings (SSSR count). The molecular formula is C14H27N3O3. The number of nitrogens with zero attached hydrogens (tertiary/aromatic N) is 1. The van der Waals surface area contributed by atoms with E-state index in [-0.39, 0.29) is 30.4 Å². The van der Waals surface area contributed by atoms with Crippen molar-refractivity contribution >= 4 is 11.8 Å². The molecule has 0 bridgehead atoms. The third kappa shape index (κ3) is 4.45. The predicted octanol–water partition coefficient (Wildman–Crippen LogP) is -0.0307. The van der Waals surface area contributed by atoms with Crippen molar-refractivity contribution in [3.63, 3.8) is 0 Å². The Morgan fingerprint density at radius 3 is 2.65 bits per heavy atom. The van der Waals surface area contributed by atoms with Gasteiger partial charge in [0.25, 0.3) is 0 Å². The Kier molecular flexibility index (Phi) is 6.42. The highest BCUT2D eigenvalue weighted by Gasteiger charge is 2.29. The minimum Gasteiger partial charge on any atom is -0.379 e. The van der Waals surface area contributed by atoms with Gasteiger partial charge in [-0.3, -0.25) is 9.59 Å². The summed E-state index contributed by atoms with van der Waals surface area (Å²) in [5.74, 6) is 0.150. The molecule has 2 amide bonds. The van der Waals surface area contributed by atoms with Crippen molar-refractivity contribution in [1.29, 1.82) is 0 Å². The van der Waals surface area contributed by atoms with Crippen LogP contribution in [0.3, 0.4) is 0 Å². The first-order valence-corrected chi connectivity index (χ1v) is 7.20. The molecule has 6 nitrogen and oxygen atoms in total. The van der Waals surface area contributed by atoms with Gasteiger partial charge in [-0.15, -0.1) is 0 Å². The van der Waals surface area contributed by atoms with Gasteiger partial charge in [0.15, 0.2) is 0 Å². The summed E-state index contributed by atoms with van der Waals surface area (Å²) in [5, 5.41) is 2.61. The summed E-state index contributed by atoms with van der Waals surface area (Å²) in [6.07, 6.45) is 0.991. The van der Waals surface area contributed by atoms with E-state index >= 15 is 0 Å². The van der Waals surface area contributed by atoms with E-state index in [1.165, 1.54) is 0 Å². The van der Waals surface area contributed by atoms with Crippen LogP contribution in [0, 0.1) is 11.8 Å². The van der Waals surface area contributed by atoms with Crippen LogP contribution in [0.2, 0.25) is 0 Å². The van der Waals surface area contributed by atoms with Gasteiger partial charge in [-0.1, -0.05) is 20.8 Å². The molecule has 6 heteroatoms. The summed E-state index contributed by atoms with van der Waals surface area (Å²) in [6.45, 7) is 7.18. The highest BCUT2D eigenvalue weighted by molar-refractivity contribution is 5.87. The summed E-state index contributed by atoms with van der Waals surface area (Å²) >= 11 is 0. The van der Waals surface area contributed by atoms with Crippen LogP contribution in [0.15, 0.2) is 0 Å². The van der Waals surface area contributed by atoms with Crippen LogP contribution < -0.4 is 11.1 Å². The van der Waals surface area contributed by atoms with Crippen LogP contribution in [0.1, 0.15) is 27.2 Å². The van der Waals surface area contributed by atoms with Gasteiger partial charge in [0.2, 0.25) is 11.8 Å². The standard InChI is InChI=1S/C14H27N3O3/c1-9(2)13(15)14(19)16-7-12(18)17-6-5-10(3)11(8-17)20-4/h9-11,13H,5-8,15H2,1-4H3,(H,16,19)/t10?,11?,13-/m0/s1. The zero-order chi connectivity index (χ0) is 15.3. The van der Waals surface area contributed by atoms with E-state index < -0.39 is 6.04 Å². The lowest BCUT2D eigenvalue weighted by Crippen LogP contribution is -2.51. The number of piperidine rings is 1. The number of methoxy groups -OCH3 is 1. The number of rotatable bonds is 5. The number of carbonyl (C=O) groups excluding carboxylic acids is 2. The Hall–Kier alpha value is -1.14. The molecule has 0 aromatic heterocycles. The molecule has 0 saturated carbocycles. The van der Waals surface area contributed by atoms with E-state index in [0.29, 0.717) is 19.0 Å². The molecule has 0 spiro atoms. The zero-order valence-electron chi connectivity index (χ0n) is 12.9. The number of nitrogens with one attached hydrogen (secondary N) is 1. The maximum Gasteiger partial charge on any atom is 0.242 e. The molecule has 0 aromatic carbocycles. The lowest BCUT2D eigenvalue weighted by molar-refractivity contribution is -0.137. The van der Waals surface area contributed by atoms with Crippen LogP contribution in [0.5, 0.6) is 0 Å². The molecule has 1 fully saturated rings. The van der Waals surface area contributed by atoms with Crippen molar-refractivity contribution in [3.8, 4) is 0 Å². The zero-order valence-corrected chi connectivity index (χ0v) is 12.9. The number of ether oxygens (including phenoxy) is 1. The largest absolute Gasteiger partial charge is 0.379 e. The summed E-state index contributed by atoms with van der Waals surface area (Å²) in [4.78, 5) is 25.5. The molecule has 2 unspecified atom stereocenters. The molecule has 0 radical (unpaired) electrons. The first-order valence-electron chi connectivity index (χ1n) is 7.20. The summed E-state index contributed by atoms with van der Waals surface area (Å²) in [5.41, 5.74) is 5.73. The topological polar surface area (TPSA) is 84.7 Å². The van der Waals surface area contributed by atoms with Crippen LogP contribution in [-0.4, -0.2) is 55.6 Å². The number of likely N-dealkylation sites (tertiary alicyclic amines) is 1. The average Bonchev–Trinajstić information content (AvgIpc) is 2.43. The monoisotopic (exact) mass is 285 g/mol. The lowest BCUT2D eigenvalue weighted by Gasteiger charge is -2.36. The van der Waals surface area contributed by atoms with Crippen molar-refractivity contribution in [3.05, 3.63) is 0 Å². The first kappa shape index (κ1) is 16.9. The van der Waals surface area contributed by atoms with Crippen LogP contribution in [-0.2, 0) is 14.3 Å². The van der Waals surface area contributed by atoms with Crippen LogP contribution in [0.4, 0.5) is 0 Å². The van der Waals surface area contributed by atoms with Gasteiger partial charge in [-0.2, -0.15) is 0 Å². The quantitative estimate of drug-likeness (QED) is 0.743. The molecule has 1 aliphatic heterocycles. The Balaban J connectivity index is 2.41. The number of carbonyl (C=O) groups is 2. The van der Waals surface area contributed by atoms with Gasteiger partial charge in [0.1, 0.15) is 0 Å². The van der Waals surface area contributed by atoms with Crippen molar-refractivity contribution in [1.82, 2.24) is 10.2 Å². The van der Waals surface area contributed by atoms with E-state index in [0.717, 1.165) is 6.42 Å². The number of nitrogens with two attached hydrogens (primary N) is 1. The summed E-state index contributed by atoms with van der Waals surface area (Å²) in [7, 11) is 1.67. The smallest absolute Gasteiger partial charge is 0.242 e. The number of hydrogen-bond donors (Lipinski definition) is 2. The van der Waals surface area contributed by atoms with Crippen molar-refractivity contribution in [2.24, 2.45) is 17.6 Å². The first-order chi connectivity index (χ1) is 9.36. The molecule has 3 atom stereocenters. The molecule has 0 aromatic rings. The number of hydrogen-bond acceptors (Lipinski definition) is 4. The van der Waals surface area contributed by atoms with Crippen LogP contribution >= 0.6 is 0 Å². The molecule has 0 aliphatic carbocycles. The van der Waals surface area contributed by atoms with Gasteiger partial charge in [-0.05, 0) is 18.3 Å². The number of amides is 2. The predicted molar refractivity (Wildman–Crippen MR) is 77.0 cm³/mol. The molecule has 1 aliphatic rings. The fraction of sp³-hybridized carbons (Fsp3) is 0.857. The van der Waals surface area contributed by atoms with Gasteiger partial charge < -0.3 is 20.7 Å². The fourth-order valence-corrected chi connectivity index (χ4v) is 2.26. The van der Waals surface area contributed by atoms with Crippen molar-refractivity contribution < 1.29 is 14.3 Å². The third-order valence-corrected chi connectivity index (χ3v) is 3.98. The normalized spacial score (nSPS) is 24.6. The van der Waals surface area contributed by atoms with Gasteiger partial charge in [0, 0.05) is 20.2 Å². The third-order valence-electron chi connectivity index (χ3n) is 3.98. The maximum atomic E-state index is 12.1. The Bertz CT molecular complexity index is 347. The van der Waals surface area contributed by atoms with Crippen molar-refractivity contribution in [2.75, 3.05) is 26.7 Å². The molecule has 20 heavy (non-hydrogen) atoms. The SMILES string of the molecule is COC1CN(C(=O)CNC(=O)[C@@H](N)C(C)C)CCC1C. The van der Waals surface area contributed by atoms with Crippen molar-refractivity contribution in [2.45, 2.75) is 39.3 Å².